The smallest absolute Gasteiger partial charge is 0.216 e. The van der Waals surface area contributed by atoms with Crippen molar-refractivity contribution < 1.29 is 8.42 Å². The Morgan fingerprint density at radius 3 is 2.65 bits per heavy atom. The van der Waals surface area contributed by atoms with Crippen molar-refractivity contribution in [3.63, 3.8) is 0 Å². The molecule has 0 spiro atoms. The first-order valence-electron chi connectivity index (χ1n) is 5.77. The van der Waals surface area contributed by atoms with Crippen LogP contribution in [0, 0.1) is 0 Å². The van der Waals surface area contributed by atoms with E-state index in [1.807, 2.05) is 18.2 Å². The number of sulfonamides is 1. The summed E-state index contributed by atoms with van der Waals surface area (Å²) in [5, 5.41) is -0.363. The molecule has 0 aliphatic carbocycles. The van der Waals surface area contributed by atoms with Crippen LogP contribution in [0.4, 0.5) is 5.69 Å². The third-order valence-electron chi connectivity index (χ3n) is 3.16. The average Bonchev–Trinajstić information content (AvgIpc) is 2.28. The van der Waals surface area contributed by atoms with Crippen LogP contribution in [0.25, 0.3) is 0 Å². The molecule has 1 aliphatic heterocycles. The van der Waals surface area contributed by atoms with Gasteiger partial charge in [-0.05, 0) is 43.5 Å². The van der Waals surface area contributed by atoms with Gasteiger partial charge in [-0.1, -0.05) is 6.07 Å². The van der Waals surface area contributed by atoms with Crippen molar-refractivity contribution in [2.24, 2.45) is 0 Å². The van der Waals surface area contributed by atoms with Crippen molar-refractivity contribution in [3.05, 3.63) is 29.3 Å². The molecular formula is C12H18N2O2S. The SMILES string of the molecule is CC(C)S(=O)(=O)N1CCc2cc(N)ccc2C1. The normalized spacial score (nSPS) is 17.1. The van der Waals surface area contributed by atoms with Crippen molar-refractivity contribution in [1.82, 2.24) is 4.31 Å². The second kappa shape index (κ2) is 4.31. The van der Waals surface area contributed by atoms with Crippen LogP contribution in [-0.2, 0) is 23.0 Å². The predicted molar refractivity (Wildman–Crippen MR) is 69.0 cm³/mol. The Bertz CT molecular complexity index is 523. The molecule has 4 nitrogen and oxygen atoms in total. The lowest BCUT2D eigenvalue weighted by atomic mass is 10.0. The fraction of sp³-hybridized carbons (Fsp3) is 0.500. The molecule has 0 bridgehead atoms. The summed E-state index contributed by atoms with van der Waals surface area (Å²) in [7, 11) is -3.15. The maximum Gasteiger partial charge on any atom is 0.216 e. The van der Waals surface area contributed by atoms with Gasteiger partial charge in [-0.3, -0.25) is 0 Å². The van der Waals surface area contributed by atoms with Crippen LogP contribution in [0.3, 0.4) is 0 Å². The third-order valence-corrected chi connectivity index (χ3v) is 5.39. The lowest BCUT2D eigenvalue weighted by Gasteiger charge is -2.29. The molecule has 0 radical (unpaired) electrons. The van der Waals surface area contributed by atoms with Crippen molar-refractivity contribution in [1.29, 1.82) is 0 Å². The largest absolute Gasteiger partial charge is 0.399 e. The molecule has 94 valence electrons. The van der Waals surface area contributed by atoms with Crippen molar-refractivity contribution >= 4 is 15.7 Å². The monoisotopic (exact) mass is 254 g/mol. The van der Waals surface area contributed by atoms with Crippen molar-refractivity contribution in [2.45, 2.75) is 32.1 Å². The van der Waals surface area contributed by atoms with Crippen LogP contribution in [0.1, 0.15) is 25.0 Å². The molecule has 1 aliphatic rings. The average molecular weight is 254 g/mol. The molecule has 0 aromatic heterocycles. The van der Waals surface area contributed by atoms with E-state index in [9.17, 15) is 8.42 Å². The Kier molecular flexibility index (Phi) is 3.14. The summed E-state index contributed by atoms with van der Waals surface area (Å²) in [5.41, 5.74) is 8.69. The van der Waals surface area contributed by atoms with Gasteiger partial charge in [0.25, 0.3) is 0 Å². The van der Waals surface area contributed by atoms with E-state index >= 15 is 0 Å². The van der Waals surface area contributed by atoms with E-state index < -0.39 is 10.0 Å². The fourth-order valence-corrected chi connectivity index (χ4v) is 3.32. The number of fused-ring (bicyclic) bond motifs is 1. The van der Waals surface area contributed by atoms with Gasteiger partial charge in [0.2, 0.25) is 10.0 Å². The molecule has 1 heterocycles. The Labute approximate surface area is 102 Å². The second-order valence-corrected chi connectivity index (χ2v) is 7.19. The van der Waals surface area contributed by atoms with Gasteiger partial charge in [0.15, 0.2) is 0 Å². The van der Waals surface area contributed by atoms with Crippen LogP contribution in [-0.4, -0.2) is 24.5 Å². The maximum absolute atomic E-state index is 12.1. The molecule has 1 aromatic rings. The summed E-state index contributed by atoms with van der Waals surface area (Å²) in [6, 6.07) is 5.69. The highest BCUT2D eigenvalue weighted by Gasteiger charge is 2.28. The third kappa shape index (κ3) is 2.30. The standard InChI is InChI=1S/C12H18N2O2S/c1-9(2)17(15,16)14-6-5-10-7-12(13)4-3-11(10)8-14/h3-4,7,9H,5-6,8,13H2,1-2H3. The van der Waals surface area contributed by atoms with Crippen LogP contribution >= 0.6 is 0 Å². The minimum atomic E-state index is -3.15. The van der Waals surface area contributed by atoms with Gasteiger partial charge >= 0.3 is 0 Å². The number of hydrogen-bond donors (Lipinski definition) is 1. The maximum atomic E-state index is 12.1. The molecule has 0 atom stereocenters. The minimum Gasteiger partial charge on any atom is -0.399 e. The van der Waals surface area contributed by atoms with Gasteiger partial charge in [0, 0.05) is 18.8 Å². The number of nitrogens with two attached hydrogens (primary N) is 1. The molecular weight excluding hydrogens is 236 g/mol. The highest BCUT2D eigenvalue weighted by atomic mass is 32.2. The lowest BCUT2D eigenvalue weighted by Crippen LogP contribution is -2.39. The zero-order valence-electron chi connectivity index (χ0n) is 10.2. The highest BCUT2D eigenvalue weighted by molar-refractivity contribution is 7.89. The van der Waals surface area contributed by atoms with E-state index in [0.717, 1.165) is 17.7 Å². The van der Waals surface area contributed by atoms with Crippen LogP contribution < -0.4 is 5.73 Å². The van der Waals surface area contributed by atoms with Gasteiger partial charge in [-0.2, -0.15) is 4.31 Å². The van der Waals surface area contributed by atoms with Crippen LogP contribution in [0.5, 0.6) is 0 Å². The number of rotatable bonds is 2. The Balaban J connectivity index is 2.28. The molecule has 0 saturated carbocycles. The Morgan fingerprint density at radius 2 is 2.00 bits per heavy atom. The van der Waals surface area contributed by atoms with E-state index in [0.29, 0.717) is 13.1 Å². The molecule has 0 fully saturated rings. The highest BCUT2D eigenvalue weighted by Crippen LogP contribution is 2.24. The first kappa shape index (κ1) is 12.4. The first-order chi connectivity index (χ1) is 7.91. The molecule has 17 heavy (non-hydrogen) atoms. The van der Waals surface area contributed by atoms with Gasteiger partial charge in [-0.15, -0.1) is 0 Å². The zero-order valence-corrected chi connectivity index (χ0v) is 11.0. The molecule has 2 rings (SSSR count). The minimum absolute atomic E-state index is 0.363. The van der Waals surface area contributed by atoms with Gasteiger partial charge < -0.3 is 5.73 Å². The van der Waals surface area contributed by atoms with E-state index in [1.165, 1.54) is 5.56 Å². The zero-order chi connectivity index (χ0) is 12.6. The topological polar surface area (TPSA) is 63.4 Å². The molecule has 5 heteroatoms. The Morgan fingerprint density at radius 1 is 1.29 bits per heavy atom. The molecule has 1 aromatic carbocycles. The Hall–Kier alpha value is -1.07. The fourth-order valence-electron chi connectivity index (χ4n) is 2.06. The van der Waals surface area contributed by atoms with E-state index in [2.05, 4.69) is 0 Å². The summed E-state index contributed by atoms with van der Waals surface area (Å²) in [4.78, 5) is 0. The number of benzene rings is 1. The molecule has 0 saturated heterocycles. The van der Waals surface area contributed by atoms with Crippen LogP contribution in [0.2, 0.25) is 0 Å². The van der Waals surface area contributed by atoms with E-state index in [-0.39, 0.29) is 5.25 Å². The van der Waals surface area contributed by atoms with Gasteiger partial charge in [0.1, 0.15) is 0 Å². The molecule has 0 amide bonds. The van der Waals surface area contributed by atoms with E-state index in [4.69, 9.17) is 5.73 Å². The van der Waals surface area contributed by atoms with Gasteiger partial charge in [-0.25, -0.2) is 8.42 Å². The number of nitrogens with zero attached hydrogens (tertiary/aromatic N) is 1. The lowest BCUT2D eigenvalue weighted by molar-refractivity contribution is 0.387. The summed E-state index contributed by atoms with van der Waals surface area (Å²) in [5.74, 6) is 0. The quantitative estimate of drug-likeness (QED) is 0.811. The van der Waals surface area contributed by atoms with Gasteiger partial charge in [0.05, 0.1) is 5.25 Å². The number of hydrogen-bond acceptors (Lipinski definition) is 3. The molecule has 0 unspecified atom stereocenters. The number of nitrogen functional groups attached to an aromatic ring is 1. The summed E-state index contributed by atoms with van der Waals surface area (Å²) in [6.07, 6.45) is 0.742. The van der Waals surface area contributed by atoms with Crippen LogP contribution in [0.15, 0.2) is 18.2 Å². The summed E-state index contributed by atoms with van der Waals surface area (Å²) in [6.45, 7) is 4.45. The summed E-state index contributed by atoms with van der Waals surface area (Å²) >= 11 is 0. The predicted octanol–water partition coefficient (Wildman–Crippen LogP) is 1.37. The van der Waals surface area contributed by atoms with E-state index in [1.54, 1.807) is 18.2 Å². The molecule has 2 N–H and O–H groups in total. The second-order valence-electron chi connectivity index (χ2n) is 4.71. The summed E-state index contributed by atoms with van der Waals surface area (Å²) < 4.78 is 25.7. The van der Waals surface area contributed by atoms with Crippen molar-refractivity contribution in [3.8, 4) is 0 Å². The number of anilines is 1. The van der Waals surface area contributed by atoms with Crippen molar-refractivity contribution in [2.75, 3.05) is 12.3 Å². The first-order valence-corrected chi connectivity index (χ1v) is 7.28.